The van der Waals surface area contributed by atoms with Crippen molar-refractivity contribution in [2.24, 2.45) is 5.73 Å². The molecule has 4 nitrogen and oxygen atoms in total. The maximum Gasteiger partial charge on any atom is 0.338 e. The first-order valence-electron chi connectivity index (χ1n) is 7.04. The van der Waals surface area contributed by atoms with Crippen LogP contribution in [-0.4, -0.2) is 19.0 Å². The number of amides is 1. The second kappa shape index (κ2) is 7.75. The number of methoxy groups -OCH3 is 1. The summed E-state index contributed by atoms with van der Waals surface area (Å²) < 4.78 is 4.80. The fraction of sp³-hybridized carbons (Fsp3) is 0.0526. The van der Waals surface area contributed by atoms with Gasteiger partial charge in [-0.2, -0.15) is 0 Å². The molecule has 0 heterocycles. The third-order valence-electron chi connectivity index (χ3n) is 3.18. The van der Waals surface area contributed by atoms with Gasteiger partial charge in [0.05, 0.1) is 18.3 Å². The average molecular weight is 307 g/mol. The fourth-order valence-electron chi connectivity index (χ4n) is 2.07. The summed E-state index contributed by atoms with van der Waals surface area (Å²) in [6, 6.07) is 18.4. The number of ether oxygens (including phenoxy) is 1. The predicted molar refractivity (Wildman–Crippen MR) is 90.0 cm³/mol. The lowest BCUT2D eigenvalue weighted by atomic mass is 9.99. The van der Waals surface area contributed by atoms with Crippen molar-refractivity contribution < 1.29 is 14.3 Å². The normalized spacial score (nSPS) is 11.9. The number of primary amides is 1. The molecule has 0 spiro atoms. The van der Waals surface area contributed by atoms with E-state index in [1.807, 2.05) is 60.7 Å². The summed E-state index contributed by atoms with van der Waals surface area (Å²) in [4.78, 5) is 24.0. The van der Waals surface area contributed by atoms with E-state index < -0.39 is 11.9 Å². The smallest absolute Gasteiger partial charge is 0.338 e. The van der Waals surface area contributed by atoms with E-state index in [-0.39, 0.29) is 11.1 Å². The van der Waals surface area contributed by atoms with E-state index in [9.17, 15) is 9.59 Å². The molecule has 2 rings (SSSR count). The fourth-order valence-corrected chi connectivity index (χ4v) is 2.07. The van der Waals surface area contributed by atoms with Gasteiger partial charge in [0, 0.05) is 0 Å². The van der Waals surface area contributed by atoms with Gasteiger partial charge in [-0.3, -0.25) is 4.79 Å². The van der Waals surface area contributed by atoms with Crippen molar-refractivity contribution in [2.75, 3.05) is 7.11 Å². The van der Waals surface area contributed by atoms with Crippen molar-refractivity contribution in [3.05, 3.63) is 82.9 Å². The molecule has 0 saturated heterocycles. The zero-order valence-corrected chi connectivity index (χ0v) is 12.7. The lowest BCUT2D eigenvalue weighted by Gasteiger charge is -2.08. The number of carbonyl (C=O) groups is 2. The summed E-state index contributed by atoms with van der Waals surface area (Å²) in [6.07, 6.45) is 3.17. The third kappa shape index (κ3) is 4.41. The first-order valence-corrected chi connectivity index (χ1v) is 7.04. The second-order valence-electron chi connectivity index (χ2n) is 4.79. The van der Waals surface area contributed by atoms with Crippen molar-refractivity contribution in [1.82, 2.24) is 0 Å². The number of hydrogen-bond donors (Lipinski definition) is 1. The molecule has 1 amide bonds. The third-order valence-corrected chi connectivity index (χ3v) is 3.18. The van der Waals surface area contributed by atoms with Crippen molar-refractivity contribution in [3.63, 3.8) is 0 Å². The van der Waals surface area contributed by atoms with Crippen LogP contribution in [0.2, 0.25) is 0 Å². The SMILES string of the molecule is COC(=O)C(=Cc1ccccc1)C(=Cc1ccccc1)C(N)=O. The molecule has 2 aromatic rings. The second-order valence-corrected chi connectivity index (χ2v) is 4.79. The molecule has 0 aliphatic carbocycles. The van der Waals surface area contributed by atoms with E-state index in [1.165, 1.54) is 7.11 Å². The number of nitrogens with two attached hydrogens (primary N) is 1. The Morgan fingerprint density at radius 1 is 0.826 bits per heavy atom. The van der Waals surface area contributed by atoms with Crippen LogP contribution in [0.1, 0.15) is 11.1 Å². The molecular formula is C19H17NO3. The maximum atomic E-state index is 12.1. The number of rotatable bonds is 5. The zero-order chi connectivity index (χ0) is 16.7. The quantitative estimate of drug-likeness (QED) is 0.524. The Morgan fingerprint density at radius 2 is 1.26 bits per heavy atom. The molecule has 0 saturated carbocycles. The van der Waals surface area contributed by atoms with Gasteiger partial charge in [-0.25, -0.2) is 4.79 Å². The molecule has 0 bridgehead atoms. The van der Waals surface area contributed by atoms with Crippen LogP contribution in [0.4, 0.5) is 0 Å². The van der Waals surface area contributed by atoms with Gasteiger partial charge in [0.2, 0.25) is 5.91 Å². The molecule has 0 aliphatic heterocycles. The van der Waals surface area contributed by atoms with Crippen molar-refractivity contribution in [1.29, 1.82) is 0 Å². The van der Waals surface area contributed by atoms with Gasteiger partial charge in [-0.1, -0.05) is 60.7 Å². The Kier molecular flexibility index (Phi) is 5.47. The van der Waals surface area contributed by atoms with E-state index in [2.05, 4.69) is 0 Å². The Bertz CT molecular complexity index is 747. The Hall–Kier alpha value is -3.14. The Labute approximate surface area is 134 Å². The van der Waals surface area contributed by atoms with Gasteiger partial charge in [0.1, 0.15) is 0 Å². The van der Waals surface area contributed by atoms with Crippen LogP contribution in [0.3, 0.4) is 0 Å². The van der Waals surface area contributed by atoms with E-state index in [0.717, 1.165) is 11.1 Å². The van der Waals surface area contributed by atoms with Gasteiger partial charge < -0.3 is 10.5 Å². The minimum Gasteiger partial charge on any atom is -0.465 e. The van der Waals surface area contributed by atoms with Gasteiger partial charge in [-0.15, -0.1) is 0 Å². The number of carbonyl (C=O) groups excluding carboxylic acids is 2. The lowest BCUT2D eigenvalue weighted by molar-refractivity contribution is -0.136. The average Bonchev–Trinajstić information content (AvgIpc) is 2.59. The van der Waals surface area contributed by atoms with E-state index in [4.69, 9.17) is 10.5 Å². The Balaban J connectivity index is 2.55. The van der Waals surface area contributed by atoms with E-state index in [0.29, 0.717) is 0 Å². The van der Waals surface area contributed by atoms with Gasteiger partial charge in [-0.05, 0) is 23.3 Å². The summed E-state index contributed by atoms with van der Waals surface area (Å²) >= 11 is 0. The molecule has 0 unspecified atom stereocenters. The van der Waals surface area contributed by atoms with Crippen molar-refractivity contribution in [2.45, 2.75) is 0 Å². The molecule has 2 N–H and O–H groups in total. The van der Waals surface area contributed by atoms with E-state index >= 15 is 0 Å². The predicted octanol–water partition coefficient (Wildman–Crippen LogP) is 2.81. The molecule has 0 aromatic heterocycles. The molecule has 0 atom stereocenters. The summed E-state index contributed by atoms with van der Waals surface area (Å²) in [5, 5.41) is 0. The van der Waals surface area contributed by atoms with Crippen LogP contribution in [0.15, 0.2) is 71.8 Å². The van der Waals surface area contributed by atoms with Gasteiger partial charge >= 0.3 is 5.97 Å². The first-order chi connectivity index (χ1) is 11.1. The molecule has 0 fully saturated rings. The first kappa shape index (κ1) is 16.2. The summed E-state index contributed by atoms with van der Waals surface area (Å²) in [5.41, 5.74) is 7.24. The molecule has 116 valence electrons. The molecule has 0 radical (unpaired) electrons. The van der Waals surface area contributed by atoms with Crippen LogP contribution in [0.25, 0.3) is 12.2 Å². The van der Waals surface area contributed by atoms with Crippen LogP contribution in [-0.2, 0) is 14.3 Å². The number of benzene rings is 2. The van der Waals surface area contributed by atoms with Crippen molar-refractivity contribution >= 4 is 24.0 Å². The number of hydrogen-bond acceptors (Lipinski definition) is 3. The van der Waals surface area contributed by atoms with Crippen molar-refractivity contribution in [3.8, 4) is 0 Å². The topological polar surface area (TPSA) is 69.4 Å². The highest BCUT2D eigenvalue weighted by Gasteiger charge is 2.19. The molecule has 2 aromatic carbocycles. The molecule has 0 aliphatic rings. The highest BCUT2D eigenvalue weighted by atomic mass is 16.5. The summed E-state index contributed by atoms with van der Waals surface area (Å²) in [6.45, 7) is 0. The molecule has 23 heavy (non-hydrogen) atoms. The highest BCUT2D eigenvalue weighted by Crippen LogP contribution is 2.19. The van der Waals surface area contributed by atoms with Crippen LogP contribution < -0.4 is 5.73 Å². The largest absolute Gasteiger partial charge is 0.465 e. The van der Waals surface area contributed by atoms with E-state index in [1.54, 1.807) is 12.2 Å². The standard InChI is InChI=1S/C19H17NO3/c1-23-19(22)17(13-15-10-6-3-7-11-15)16(18(20)21)12-14-8-4-2-5-9-14/h2-13H,1H3,(H2,20,21). The van der Waals surface area contributed by atoms with Crippen LogP contribution in [0, 0.1) is 0 Å². The maximum absolute atomic E-state index is 12.1. The minimum atomic E-state index is -0.693. The monoisotopic (exact) mass is 307 g/mol. The summed E-state index contributed by atoms with van der Waals surface area (Å²) in [5.74, 6) is -1.31. The number of esters is 1. The van der Waals surface area contributed by atoms with Gasteiger partial charge in [0.15, 0.2) is 0 Å². The Morgan fingerprint density at radius 3 is 1.65 bits per heavy atom. The summed E-state index contributed by atoms with van der Waals surface area (Å²) in [7, 11) is 1.27. The highest BCUT2D eigenvalue weighted by molar-refractivity contribution is 6.13. The lowest BCUT2D eigenvalue weighted by Crippen LogP contribution is -2.20. The van der Waals surface area contributed by atoms with Crippen LogP contribution >= 0.6 is 0 Å². The van der Waals surface area contributed by atoms with Crippen LogP contribution in [0.5, 0.6) is 0 Å². The molecular weight excluding hydrogens is 290 g/mol. The zero-order valence-electron chi connectivity index (χ0n) is 12.7. The minimum absolute atomic E-state index is 0.104. The van der Waals surface area contributed by atoms with Gasteiger partial charge in [0.25, 0.3) is 0 Å². The molecule has 4 heteroatoms.